The van der Waals surface area contributed by atoms with Crippen molar-refractivity contribution >= 4 is 40.7 Å². The summed E-state index contributed by atoms with van der Waals surface area (Å²) in [6.45, 7) is 0.319. The summed E-state index contributed by atoms with van der Waals surface area (Å²) in [4.78, 5) is 33.3. The highest BCUT2D eigenvalue weighted by Crippen LogP contribution is 2.42. The summed E-state index contributed by atoms with van der Waals surface area (Å²) < 4.78 is 10.4. The van der Waals surface area contributed by atoms with Gasteiger partial charge in [-0.05, 0) is 107 Å². The van der Waals surface area contributed by atoms with Crippen LogP contribution in [0.25, 0.3) is 33.2 Å². The van der Waals surface area contributed by atoms with Gasteiger partial charge in [-0.1, -0.05) is 54.6 Å². The molecule has 3 aliphatic rings. The molecule has 7 nitrogen and oxygen atoms in total. The number of aryl methyl sites for hydroxylation is 1. The van der Waals surface area contributed by atoms with Crippen molar-refractivity contribution in [2.24, 2.45) is 0 Å². The van der Waals surface area contributed by atoms with E-state index < -0.39 is 18.3 Å². The fourth-order valence-electron chi connectivity index (χ4n) is 6.57. The van der Waals surface area contributed by atoms with Gasteiger partial charge in [0.1, 0.15) is 6.54 Å². The normalized spacial score (nSPS) is 16.9. The maximum Gasteiger partial charge on any atom is 0.407 e. The number of hydroxylamine groups is 1. The van der Waals surface area contributed by atoms with Crippen molar-refractivity contribution < 1.29 is 23.9 Å². The lowest BCUT2D eigenvalue weighted by atomic mass is 9.78. The molecule has 1 aromatic heterocycles. The number of thiophene rings is 1. The summed E-state index contributed by atoms with van der Waals surface area (Å²) in [5.41, 5.74) is 11.5. The number of anilines is 1. The third-order valence-corrected chi connectivity index (χ3v) is 10.0. The number of nitrogens with one attached hydrogen (secondary N) is 1. The molecule has 45 heavy (non-hydrogen) atoms. The van der Waals surface area contributed by atoms with Crippen molar-refractivity contribution in [2.45, 2.75) is 51.2 Å². The van der Waals surface area contributed by atoms with E-state index in [2.05, 4.69) is 64.7 Å². The van der Waals surface area contributed by atoms with Crippen molar-refractivity contribution in [3.8, 4) is 21.6 Å². The van der Waals surface area contributed by atoms with Crippen LogP contribution in [0.3, 0.4) is 0 Å². The monoisotopic (exact) mass is 620 g/mol. The molecule has 2 amide bonds. The molecule has 0 spiro atoms. The molecule has 1 fully saturated rings. The number of ether oxygens (including phenoxy) is 2. The quantitative estimate of drug-likeness (QED) is 0.213. The smallest absolute Gasteiger partial charge is 0.407 e. The fraction of sp³-hybridized carbons (Fsp3) is 0.297. The molecule has 0 saturated carbocycles. The molecule has 3 aromatic carbocycles. The summed E-state index contributed by atoms with van der Waals surface area (Å²) in [5.74, 6) is -0.421. The van der Waals surface area contributed by atoms with Crippen molar-refractivity contribution in [1.29, 1.82) is 0 Å². The predicted molar refractivity (Wildman–Crippen MR) is 178 cm³/mol. The Morgan fingerprint density at radius 3 is 2.64 bits per heavy atom. The predicted octanol–water partition coefficient (Wildman–Crippen LogP) is 7.81. The van der Waals surface area contributed by atoms with Crippen LogP contribution in [0.5, 0.6) is 0 Å². The Morgan fingerprint density at radius 2 is 1.78 bits per heavy atom. The number of hydrogen-bond acceptors (Lipinski definition) is 6. The van der Waals surface area contributed by atoms with E-state index in [-0.39, 0.29) is 6.54 Å². The van der Waals surface area contributed by atoms with E-state index in [1.54, 1.807) is 11.3 Å². The van der Waals surface area contributed by atoms with E-state index in [9.17, 15) is 9.59 Å². The van der Waals surface area contributed by atoms with Crippen LogP contribution < -0.4 is 10.4 Å². The number of nitrogens with zero attached hydrogens (tertiary/aromatic N) is 1. The van der Waals surface area contributed by atoms with Crippen LogP contribution in [0.15, 0.2) is 72.8 Å². The second kappa shape index (κ2) is 13.0. The Kier molecular flexibility index (Phi) is 8.52. The van der Waals surface area contributed by atoms with E-state index in [4.69, 9.17) is 9.57 Å². The molecule has 1 saturated heterocycles. The highest BCUT2D eigenvalue weighted by Gasteiger charge is 2.26. The molecule has 2 heterocycles. The number of amides is 2. The van der Waals surface area contributed by atoms with Crippen LogP contribution in [-0.4, -0.2) is 38.6 Å². The minimum absolute atomic E-state index is 0.266. The van der Waals surface area contributed by atoms with E-state index in [0.29, 0.717) is 18.7 Å². The van der Waals surface area contributed by atoms with Gasteiger partial charge < -0.3 is 14.8 Å². The van der Waals surface area contributed by atoms with Gasteiger partial charge in [0, 0.05) is 22.8 Å². The van der Waals surface area contributed by atoms with Gasteiger partial charge in [0.05, 0.1) is 12.8 Å². The lowest BCUT2D eigenvalue weighted by Gasteiger charge is -2.29. The first-order chi connectivity index (χ1) is 22.1. The molecule has 1 N–H and O–H groups in total. The van der Waals surface area contributed by atoms with Crippen molar-refractivity contribution in [2.75, 3.05) is 25.3 Å². The zero-order chi connectivity index (χ0) is 30.8. The second-order valence-corrected chi connectivity index (χ2v) is 12.7. The highest BCUT2D eigenvalue weighted by atomic mass is 32.1. The van der Waals surface area contributed by atoms with Gasteiger partial charge >= 0.3 is 6.09 Å². The molecule has 4 aromatic rings. The van der Waals surface area contributed by atoms with E-state index >= 15 is 0 Å². The lowest BCUT2D eigenvalue weighted by molar-refractivity contribution is -0.177. The van der Waals surface area contributed by atoms with Crippen molar-refractivity contribution in [1.82, 2.24) is 5.32 Å². The average molecular weight is 621 g/mol. The van der Waals surface area contributed by atoms with Crippen LogP contribution in [0.2, 0.25) is 0 Å². The van der Waals surface area contributed by atoms with Gasteiger partial charge in [-0.3, -0.25) is 4.79 Å². The number of carbonyl (C=O) groups is 2. The van der Waals surface area contributed by atoms with Gasteiger partial charge in [-0.2, -0.15) is 5.06 Å². The van der Waals surface area contributed by atoms with Gasteiger partial charge in [0.25, 0.3) is 5.91 Å². The lowest BCUT2D eigenvalue weighted by Crippen LogP contribution is -2.43. The standard InChI is InChI=1S/C37H36N2O5S/c1-42-37(41)38-23-35(40)39(44-36-11-4-5-20-43-36)28-9-6-8-26(22-28)33-18-19-34(45-33)27-14-15-30-25(21-27)13-17-31-29-10-3-2-7-24(29)12-16-32(30)31/h2-3,6-10,13,17-19,21-22,36H,4-5,11-12,14-16,20,23H2,1H3,(H,38,41). The van der Waals surface area contributed by atoms with Gasteiger partial charge in [0.15, 0.2) is 6.29 Å². The number of allylic oxidation sites excluding steroid dienone is 1. The van der Waals surface area contributed by atoms with E-state index in [0.717, 1.165) is 49.0 Å². The summed E-state index contributed by atoms with van der Waals surface area (Å²) in [5, 5.41) is 3.70. The fourth-order valence-corrected chi connectivity index (χ4v) is 7.62. The molecule has 0 bridgehead atoms. The maximum absolute atomic E-state index is 13.2. The van der Waals surface area contributed by atoms with Crippen LogP contribution in [-0.2, 0) is 38.4 Å². The highest BCUT2D eigenvalue weighted by molar-refractivity contribution is 7.16. The molecular formula is C37H36N2O5S. The molecule has 1 atom stereocenters. The van der Waals surface area contributed by atoms with Crippen molar-refractivity contribution in [3.05, 3.63) is 99.9 Å². The third kappa shape index (κ3) is 6.18. The van der Waals surface area contributed by atoms with Crippen LogP contribution in [0.4, 0.5) is 10.5 Å². The van der Waals surface area contributed by atoms with Crippen LogP contribution in [0, 0.1) is 0 Å². The Hall–Kier alpha value is -4.24. The zero-order valence-corrected chi connectivity index (χ0v) is 26.2. The van der Waals surface area contributed by atoms with E-state index in [1.807, 2.05) is 24.3 Å². The number of methoxy groups -OCH3 is 1. The Labute approximate surface area is 267 Å². The molecule has 2 aliphatic carbocycles. The van der Waals surface area contributed by atoms with Gasteiger partial charge in [-0.15, -0.1) is 11.3 Å². The Balaban J connectivity index is 1.13. The number of fused-ring (bicyclic) bond motifs is 5. The number of rotatable bonds is 7. The molecule has 230 valence electrons. The minimum Gasteiger partial charge on any atom is -0.453 e. The molecular weight excluding hydrogens is 584 g/mol. The Morgan fingerprint density at radius 1 is 0.911 bits per heavy atom. The average Bonchev–Trinajstić information content (AvgIpc) is 3.60. The molecule has 0 radical (unpaired) electrons. The summed E-state index contributed by atoms with van der Waals surface area (Å²) >= 11 is 1.76. The maximum atomic E-state index is 13.2. The summed E-state index contributed by atoms with van der Waals surface area (Å²) in [6, 6.07) is 25.5. The molecule has 7 rings (SSSR count). The van der Waals surface area contributed by atoms with Crippen LogP contribution in [0.1, 0.15) is 52.8 Å². The molecule has 1 unspecified atom stereocenters. The zero-order valence-electron chi connectivity index (χ0n) is 25.3. The number of alkyl carbamates (subject to hydrolysis) is 1. The third-order valence-electron chi connectivity index (χ3n) is 8.84. The largest absolute Gasteiger partial charge is 0.453 e. The van der Waals surface area contributed by atoms with Crippen LogP contribution >= 0.6 is 11.3 Å². The van der Waals surface area contributed by atoms with Crippen molar-refractivity contribution in [3.63, 3.8) is 0 Å². The second-order valence-electron chi connectivity index (χ2n) is 11.6. The first kappa shape index (κ1) is 29.5. The number of carbonyl (C=O) groups excluding carboxylic acids is 2. The topological polar surface area (TPSA) is 77.1 Å². The summed E-state index contributed by atoms with van der Waals surface area (Å²) in [7, 11) is 1.26. The number of benzene rings is 3. The number of hydrogen-bond donors (Lipinski definition) is 1. The molecule has 1 aliphatic heterocycles. The van der Waals surface area contributed by atoms with Gasteiger partial charge in [-0.25, -0.2) is 9.63 Å². The summed E-state index contributed by atoms with van der Waals surface area (Å²) in [6.07, 6.45) is 8.05. The minimum atomic E-state index is -0.679. The van der Waals surface area contributed by atoms with Gasteiger partial charge in [0.2, 0.25) is 0 Å². The van der Waals surface area contributed by atoms with E-state index in [1.165, 1.54) is 56.0 Å². The molecule has 8 heteroatoms. The Bertz CT molecular complexity index is 1770. The first-order valence-corrected chi connectivity index (χ1v) is 16.5. The first-order valence-electron chi connectivity index (χ1n) is 15.6. The SMILES string of the molecule is COC(=O)NCC(=O)N(OC1CCCCO1)c1cccc(-c2ccc(C3=Cc4ccc5c(c4CC3)CCc3ccccc3-5)s2)c1.